The molecule has 4 nitrogen and oxygen atoms in total. The fraction of sp³-hybridized carbons (Fsp3) is 0.467. The average molecular weight is 263 g/mol. The van der Waals surface area contributed by atoms with Crippen LogP contribution < -0.4 is 4.74 Å². The smallest absolute Gasteiger partial charge is 0.260 e. The molecule has 104 valence electrons. The third-order valence-corrected chi connectivity index (χ3v) is 3.13. The van der Waals surface area contributed by atoms with Gasteiger partial charge in [0.15, 0.2) is 6.61 Å². The molecule has 19 heavy (non-hydrogen) atoms. The lowest BCUT2D eigenvalue weighted by Crippen LogP contribution is -2.36. The van der Waals surface area contributed by atoms with Crippen LogP contribution in [0.3, 0.4) is 0 Å². The molecule has 1 amide bonds. The van der Waals surface area contributed by atoms with E-state index in [1.165, 1.54) is 0 Å². The van der Waals surface area contributed by atoms with E-state index in [9.17, 15) is 9.59 Å². The highest BCUT2D eigenvalue weighted by Gasteiger charge is 2.14. The first kappa shape index (κ1) is 15.2. The van der Waals surface area contributed by atoms with Crippen LogP contribution in [0.15, 0.2) is 12.1 Å². The van der Waals surface area contributed by atoms with Crippen molar-refractivity contribution in [3.05, 3.63) is 28.8 Å². The summed E-state index contributed by atoms with van der Waals surface area (Å²) in [4.78, 5) is 24.2. The number of nitrogens with zero attached hydrogens (tertiary/aromatic N) is 1. The quantitative estimate of drug-likeness (QED) is 0.766. The molecular formula is C15H21NO3. The first-order valence-corrected chi connectivity index (χ1v) is 6.31. The second-order valence-corrected chi connectivity index (χ2v) is 4.99. The van der Waals surface area contributed by atoms with Gasteiger partial charge in [0, 0.05) is 18.7 Å². The van der Waals surface area contributed by atoms with E-state index in [-0.39, 0.29) is 18.6 Å². The number of rotatable bonds is 5. The largest absolute Gasteiger partial charge is 0.483 e. The number of carbonyl (C=O) groups is 2. The zero-order chi connectivity index (χ0) is 14.6. The van der Waals surface area contributed by atoms with Gasteiger partial charge in [0.1, 0.15) is 12.0 Å². The molecule has 0 aliphatic rings. The molecule has 0 unspecified atom stereocenters. The molecule has 0 aliphatic carbocycles. The first-order chi connectivity index (χ1) is 8.86. The minimum Gasteiger partial charge on any atom is -0.483 e. The number of amides is 1. The van der Waals surface area contributed by atoms with Crippen molar-refractivity contribution in [2.45, 2.75) is 33.7 Å². The highest BCUT2D eigenvalue weighted by molar-refractivity contribution is 5.78. The fourth-order valence-electron chi connectivity index (χ4n) is 1.80. The van der Waals surface area contributed by atoms with Crippen LogP contribution in [0.4, 0.5) is 0 Å². The second kappa shape index (κ2) is 6.36. The van der Waals surface area contributed by atoms with Crippen LogP contribution >= 0.6 is 0 Å². The van der Waals surface area contributed by atoms with Gasteiger partial charge in [0.25, 0.3) is 5.91 Å². The van der Waals surface area contributed by atoms with Gasteiger partial charge in [0.2, 0.25) is 0 Å². The topological polar surface area (TPSA) is 46.6 Å². The lowest BCUT2D eigenvalue weighted by molar-refractivity contribution is -0.133. The van der Waals surface area contributed by atoms with E-state index >= 15 is 0 Å². The van der Waals surface area contributed by atoms with Gasteiger partial charge in [-0.25, -0.2) is 0 Å². The summed E-state index contributed by atoms with van der Waals surface area (Å²) in [6, 6.07) is 3.66. The zero-order valence-corrected chi connectivity index (χ0v) is 12.2. The molecule has 0 heterocycles. The lowest BCUT2D eigenvalue weighted by Gasteiger charge is -2.22. The molecule has 0 fully saturated rings. The maximum atomic E-state index is 11.8. The molecule has 0 N–H and O–H groups in total. The Kier molecular flexibility index (Phi) is 5.10. The Bertz CT molecular complexity index is 457. The predicted octanol–water partition coefficient (Wildman–Crippen LogP) is 2.36. The Morgan fingerprint density at radius 1 is 1.32 bits per heavy atom. The lowest BCUT2D eigenvalue weighted by atomic mass is 10.1. The number of carbonyl (C=O) groups excluding carboxylic acids is 2. The van der Waals surface area contributed by atoms with Crippen molar-refractivity contribution in [3.63, 3.8) is 0 Å². The summed E-state index contributed by atoms with van der Waals surface area (Å²) in [6.07, 6.45) is 0.807. The van der Waals surface area contributed by atoms with Crippen molar-refractivity contribution in [3.8, 4) is 5.75 Å². The van der Waals surface area contributed by atoms with Crippen LogP contribution in [0, 0.1) is 13.8 Å². The van der Waals surface area contributed by atoms with Crippen molar-refractivity contribution in [1.29, 1.82) is 0 Å². The summed E-state index contributed by atoms with van der Waals surface area (Å²) < 4.78 is 5.59. The first-order valence-electron chi connectivity index (χ1n) is 6.31. The van der Waals surface area contributed by atoms with Gasteiger partial charge in [-0.2, -0.15) is 0 Å². The Morgan fingerprint density at radius 2 is 1.84 bits per heavy atom. The molecule has 0 aromatic heterocycles. The van der Waals surface area contributed by atoms with Gasteiger partial charge in [-0.15, -0.1) is 0 Å². The van der Waals surface area contributed by atoms with Gasteiger partial charge in [0.05, 0.1) is 0 Å². The molecule has 0 radical (unpaired) electrons. The Balaban J connectivity index is 2.79. The summed E-state index contributed by atoms with van der Waals surface area (Å²) in [5, 5.41) is 0. The summed E-state index contributed by atoms with van der Waals surface area (Å²) in [5.74, 6) is 0.615. The highest BCUT2D eigenvalue weighted by atomic mass is 16.5. The summed E-state index contributed by atoms with van der Waals surface area (Å²) in [5.41, 5.74) is 2.34. The van der Waals surface area contributed by atoms with E-state index in [0.717, 1.165) is 17.4 Å². The predicted molar refractivity (Wildman–Crippen MR) is 74.7 cm³/mol. The minimum atomic E-state index is -0.0618. The van der Waals surface area contributed by atoms with E-state index in [1.54, 1.807) is 24.1 Å². The molecule has 0 atom stereocenters. The van der Waals surface area contributed by atoms with Gasteiger partial charge in [-0.1, -0.05) is 0 Å². The second-order valence-electron chi connectivity index (χ2n) is 4.99. The maximum Gasteiger partial charge on any atom is 0.260 e. The van der Waals surface area contributed by atoms with Crippen LogP contribution in [0.1, 0.15) is 35.3 Å². The molecule has 0 spiro atoms. The molecule has 0 saturated heterocycles. The Morgan fingerprint density at radius 3 is 2.26 bits per heavy atom. The molecule has 1 aromatic carbocycles. The van der Waals surface area contributed by atoms with Gasteiger partial charge in [-0.05, 0) is 51.0 Å². The highest BCUT2D eigenvalue weighted by Crippen LogP contribution is 2.24. The van der Waals surface area contributed by atoms with E-state index in [2.05, 4.69) is 0 Å². The standard InChI is InChI=1S/C15H21NO3/c1-10(2)16(5)14(18)9-19-15-11(3)6-13(8-17)7-12(15)4/h6-8,10H,9H2,1-5H3. The van der Waals surface area contributed by atoms with Crippen LogP contribution in [0.2, 0.25) is 0 Å². The maximum absolute atomic E-state index is 11.8. The SMILES string of the molecule is Cc1cc(C=O)cc(C)c1OCC(=O)N(C)C(C)C. The number of hydrogen-bond acceptors (Lipinski definition) is 3. The van der Waals surface area contributed by atoms with Crippen LogP contribution in [0.5, 0.6) is 5.75 Å². The number of likely N-dealkylation sites (N-methyl/N-ethyl adjacent to an activating group) is 1. The van der Waals surface area contributed by atoms with E-state index in [4.69, 9.17) is 4.74 Å². The van der Waals surface area contributed by atoms with Gasteiger partial charge >= 0.3 is 0 Å². The number of benzene rings is 1. The summed E-state index contributed by atoms with van der Waals surface area (Å²) in [6.45, 7) is 7.65. The van der Waals surface area contributed by atoms with Crippen LogP contribution in [-0.4, -0.2) is 36.8 Å². The molecule has 0 aliphatic heterocycles. The van der Waals surface area contributed by atoms with Crippen molar-refractivity contribution in [2.75, 3.05) is 13.7 Å². The van der Waals surface area contributed by atoms with E-state index in [0.29, 0.717) is 11.3 Å². The molecule has 4 heteroatoms. The monoisotopic (exact) mass is 263 g/mol. The van der Waals surface area contributed by atoms with Crippen molar-refractivity contribution >= 4 is 12.2 Å². The van der Waals surface area contributed by atoms with Crippen LogP contribution in [0.25, 0.3) is 0 Å². The van der Waals surface area contributed by atoms with Crippen molar-refractivity contribution < 1.29 is 14.3 Å². The number of aldehydes is 1. The molecule has 0 saturated carbocycles. The Hall–Kier alpha value is -1.84. The molecule has 1 aromatic rings. The van der Waals surface area contributed by atoms with Gasteiger partial charge < -0.3 is 9.64 Å². The van der Waals surface area contributed by atoms with Gasteiger partial charge in [-0.3, -0.25) is 9.59 Å². The minimum absolute atomic E-state index is 0.0107. The zero-order valence-electron chi connectivity index (χ0n) is 12.2. The van der Waals surface area contributed by atoms with E-state index < -0.39 is 0 Å². The fourth-order valence-corrected chi connectivity index (χ4v) is 1.80. The normalized spacial score (nSPS) is 10.4. The number of ether oxygens (including phenoxy) is 1. The van der Waals surface area contributed by atoms with E-state index in [1.807, 2.05) is 27.7 Å². The molecular weight excluding hydrogens is 242 g/mol. The molecule has 1 rings (SSSR count). The molecule has 0 bridgehead atoms. The van der Waals surface area contributed by atoms with Crippen molar-refractivity contribution in [2.24, 2.45) is 0 Å². The van der Waals surface area contributed by atoms with Crippen LogP contribution in [-0.2, 0) is 4.79 Å². The Labute approximate surface area is 114 Å². The third-order valence-electron chi connectivity index (χ3n) is 3.13. The third kappa shape index (κ3) is 3.81. The van der Waals surface area contributed by atoms with Crippen molar-refractivity contribution in [1.82, 2.24) is 4.90 Å². The number of aryl methyl sites for hydroxylation is 2. The number of hydrogen-bond donors (Lipinski definition) is 0. The summed E-state index contributed by atoms with van der Waals surface area (Å²) >= 11 is 0. The average Bonchev–Trinajstić information content (AvgIpc) is 2.35. The summed E-state index contributed by atoms with van der Waals surface area (Å²) in [7, 11) is 1.76.